The third kappa shape index (κ3) is 2.47. The second kappa shape index (κ2) is 4.18. The van der Waals surface area contributed by atoms with Crippen LogP contribution in [0.4, 0.5) is 0 Å². The molecule has 1 rings (SSSR count). The summed E-state index contributed by atoms with van der Waals surface area (Å²) in [7, 11) is 0. The zero-order chi connectivity index (χ0) is 11.6. The first-order valence-corrected chi connectivity index (χ1v) is 5.19. The molecule has 0 aromatic rings. The topological polar surface area (TPSA) is 92.4 Å². The van der Waals surface area contributed by atoms with Gasteiger partial charge in [-0.25, -0.2) is 0 Å². The predicted molar refractivity (Wildman–Crippen MR) is 55.2 cm³/mol. The van der Waals surface area contributed by atoms with E-state index in [1.807, 2.05) is 0 Å². The van der Waals surface area contributed by atoms with E-state index in [-0.39, 0.29) is 5.91 Å². The minimum atomic E-state index is -0.914. The van der Waals surface area contributed by atoms with Crippen molar-refractivity contribution in [1.29, 1.82) is 0 Å². The van der Waals surface area contributed by atoms with Crippen LogP contribution in [0.3, 0.4) is 0 Å². The third-order valence-corrected chi connectivity index (χ3v) is 3.20. The first-order valence-electron chi connectivity index (χ1n) is 5.19. The van der Waals surface area contributed by atoms with Crippen LogP contribution in [0.15, 0.2) is 0 Å². The highest BCUT2D eigenvalue weighted by Crippen LogP contribution is 2.29. The van der Waals surface area contributed by atoms with Crippen LogP contribution < -0.4 is 11.1 Å². The molecule has 0 bridgehead atoms. The quantitative estimate of drug-likeness (QED) is 0.618. The second-order valence-electron chi connectivity index (χ2n) is 4.40. The maximum absolute atomic E-state index is 11.7. The molecule has 1 amide bonds. The number of hydrogen-bond acceptors (Lipinski definition) is 3. The van der Waals surface area contributed by atoms with Crippen molar-refractivity contribution in [3.63, 3.8) is 0 Å². The van der Waals surface area contributed by atoms with Crippen molar-refractivity contribution in [2.24, 2.45) is 11.7 Å². The summed E-state index contributed by atoms with van der Waals surface area (Å²) in [5, 5.41) is 11.4. The van der Waals surface area contributed by atoms with Gasteiger partial charge in [0.15, 0.2) is 0 Å². The molecule has 4 N–H and O–H groups in total. The van der Waals surface area contributed by atoms with E-state index in [4.69, 9.17) is 10.8 Å². The number of carbonyl (C=O) groups excluding carboxylic acids is 1. The van der Waals surface area contributed by atoms with Gasteiger partial charge in [0.2, 0.25) is 5.91 Å². The Morgan fingerprint density at radius 3 is 2.27 bits per heavy atom. The van der Waals surface area contributed by atoms with Gasteiger partial charge < -0.3 is 16.2 Å². The number of hydrogen-bond donors (Lipinski definition) is 3. The Hall–Kier alpha value is -1.10. The van der Waals surface area contributed by atoms with Crippen LogP contribution in [0.1, 0.15) is 33.1 Å². The van der Waals surface area contributed by atoms with Gasteiger partial charge in [0.05, 0.1) is 11.5 Å². The van der Waals surface area contributed by atoms with Crippen LogP contribution in [0.2, 0.25) is 0 Å². The van der Waals surface area contributed by atoms with Crippen molar-refractivity contribution in [2.45, 2.75) is 44.7 Å². The SMILES string of the molecule is CC(NC(=O)C1(N)CCC1)C(C)C(=O)O. The Kier molecular flexibility index (Phi) is 3.34. The smallest absolute Gasteiger partial charge is 0.308 e. The Bertz CT molecular complexity index is 274. The molecule has 0 aromatic heterocycles. The number of carboxylic acid groups (broad SMARTS) is 1. The molecule has 2 atom stereocenters. The van der Waals surface area contributed by atoms with Gasteiger partial charge in [0.25, 0.3) is 0 Å². The maximum Gasteiger partial charge on any atom is 0.308 e. The Morgan fingerprint density at radius 2 is 1.93 bits per heavy atom. The number of aliphatic carboxylic acids is 1. The summed E-state index contributed by atoms with van der Waals surface area (Å²) in [6.45, 7) is 3.25. The largest absolute Gasteiger partial charge is 0.481 e. The normalized spacial score (nSPS) is 22.3. The lowest BCUT2D eigenvalue weighted by molar-refractivity contribution is -0.142. The van der Waals surface area contributed by atoms with Gasteiger partial charge in [0, 0.05) is 6.04 Å². The average Bonchev–Trinajstić information content (AvgIpc) is 2.12. The molecule has 1 fully saturated rings. The lowest BCUT2D eigenvalue weighted by Gasteiger charge is -2.37. The van der Waals surface area contributed by atoms with Crippen LogP contribution >= 0.6 is 0 Å². The summed E-state index contributed by atoms with van der Waals surface area (Å²) >= 11 is 0. The van der Waals surface area contributed by atoms with Gasteiger partial charge in [-0.3, -0.25) is 9.59 Å². The van der Waals surface area contributed by atoms with E-state index in [1.54, 1.807) is 13.8 Å². The Labute approximate surface area is 89.0 Å². The van der Waals surface area contributed by atoms with Crippen LogP contribution in [0.5, 0.6) is 0 Å². The molecule has 0 radical (unpaired) electrons. The van der Waals surface area contributed by atoms with Crippen molar-refractivity contribution in [3.8, 4) is 0 Å². The summed E-state index contributed by atoms with van der Waals surface area (Å²) in [6.07, 6.45) is 2.34. The second-order valence-corrected chi connectivity index (χ2v) is 4.40. The van der Waals surface area contributed by atoms with Gasteiger partial charge in [0.1, 0.15) is 0 Å². The predicted octanol–water partition coefficient (Wildman–Crippen LogP) is 0.0932. The average molecular weight is 214 g/mol. The van der Waals surface area contributed by atoms with Gasteiger partial charge >= 0.3 is 5.97 Å². The molecule has 0 heterocycles. The van der Waals surface area contributed by atoms with E-state index >= 15 is 0 Å². The Balaban J connectivity index is 2.47. The summed E-state index contributed by atoms with van der Waals surface area (Å²) < 4.78 is 0. The molecule has 1 saturated carbocycles. The van der Waals surface area contributed by atoms with Gasteiger partial charge in [-0.05, 0) is 33.1 Å². The molecule has 15 heavy (non-hydrogen) atoms. The molecule has 2 unspecified atom stereocenters. The maximum atomic E-state index is 11.7. The molecule has 0 aliphatic heterocycles. The molecule has 1 aliphatic carbocycles. The molecule has 5 heteroatoms. The molecule has 5 nitrogen and oxygen atoms in total. The van der Waals surface area contributed by atoms with Crippen LogP contribution in [0.25, 0.3) is 0 Å². The third-order valence-electron chi connectivity index (χ3n) is 3.20. The fourth-order valence-electron chi connectivity index (χ4n) is 1.47. The van der Waals surface area contributed by atoms with E-state index in [0.717, 1.165) is 6.42 Å². The zero-order valence-corrected chi connectivity index (χ0v) is 9.12. The number of carbonyl (C=O) groups is 2. The van der Waals surface area contributed by atoms with E-state index in [2.05, 4.69) is 5.32 Å². The molecular weight excluding hydrogens is 196 g/mol. The fourth-order valence-corrected chi connectivity index (χ4v) is 1.47. The highest BCUT2D eigenvalue weighted by Gasteiger charge is 2.41. The van der Waals surface area contributed by atoms with E-state index in [1.165, 1.54) is 0 Å². The summed E-state index contributed by atoms with van der Waals surface area (Å²) in [5.74, 6) is -1.74. The van der Waals surface area contributed by atoms with E-state index in [9.17, 15) is 9.59 Å². The first kappa shape index (κ1) is 12.0. The summed E-state index contributed by atoms with van der Waals surface area (Å²) in [5.41, 5.74) is 5.05. The lowest BCUT2D eigenvalue weighted by Crippen LogP contribution is -2.60. The van der Waals surface area contributed by atoms with Crippen molar-refractivity contribution in [2.75, 3.05) is 0 Å². The zero-order valence-electron chi connectivity index (χ0n) is 9.12. The lowest BCUT2D eigenvalue weighted by atomic mass is 9.77. The number of carboxylic acids is 1. The molecule has 0 spiro atoms. The van der Waals surface area contributed by atoms with Crippen molar-refractivity contribution >= 4 is 11.9 Å². The molecule has 86 valence electrons. The molecular formula is C10H18N2O3. The van der Waals surface area contributed by atoms with Gasteiger partial charge in [-0.15, -0.1) is 0 Å². The van der Waals surface area contributed by atoms with Crippen molar-refractivity contribution < 1.29 is 14.7 Å². The van der Waals surface area contributed by atoms with Crippen molar-refractivity contribution in [3.05, 3.63) is 0 Å². The van der Waals surface area contributed by atoms with Crippen LogP contribution in [-0.2, 0) is 9.59 Å². The van der Waals surface area contributed by atoms with Crippen LogP contribution in [-0.4, -0.2) is 28.6 Å². The first-order chi connectivity index (χ1) is 6.87. The number of amides is 1. The number of rotatable bonds is 4. The monoisotopic (exact) mass is 214 g/mol. The number of nitrogens with two attached hydrogens (primary N) is 1. The van der Waals surface area contributed by atoms with Crippen molar-refractivity contribution in [1.82, 2.24) is 5.32 Å². The standard InChI is InChI=1S/C10H18N2O3/c1-6(8(13)14)7(2)12-9(15)10(11)4-3-5-10/h6-7H,3-5,11H2,1-2H3,(H,12,15)(H,13,14). The highest BCUT2D eigenvalue weighted by molar-refractivity contribution is 5.87. The van der Waals surface area contributed by atoms with Gasteiger partial charge in [-0.1, -0.05) is 0 Å². The summed E-state index contributed by atoms with van der Waals surface area (Å²) in [6, 6.07) is -0.393. The molecule has 0 aromatic carbocycles. The minimum absolute atomic E-state index is 0.227. The van der Waals surface area contributed by atoms with Gasteiger partial charge in [-0.2, -0.15) is 0 Å². The van der Waals surface area contributed by atoms with Crippen LogP contribution in [0, 0.1) is 5.92 Å². The molecule has 0 saturated heterocycles. The number of nitrogens with one attached hydrogen (secondary N) is 1. The van der Waals surface area contributed by atoms with E-state index < -0.39 is 23.5 Å². The summed E-state index contributed by atoms with van der Waals surface area (Å²) in [4.78, 5) is 22.3. The fraction of sp³-hybridized carbons (Fsp3) is 0.800. The van der Waals surface area contributed by atoms with E-state index in [0.29, 0.717) is 12.8 Å². The molecule has 1 aliphatic rings. The highest BCUT2D eigenvalue weighted by atomic mass is 16.4. The Morgan fingerprint density at radius 1 is 1.40 bits per heavy atom. The minimum Gasteiger partial charge on any atom is -0.481 e.